The minimum atomic E-state index is -2.45. The number of hydrogen-bond acceptors (Lipinski definition) is 9. The maximum atomic E-state index is 12.9. The molecule has 0 saturated heterocycles. The summed E-state index contributed by atoms with van der Waals surface area (Å²) in [6.45, 7) is 12.2. The third kappa shape index (κ3) is 7.86. The fraction of sp³-hybridized carbons (Fsp3) is 0.364. The Labute approximate surface area is 205 Å². The molecule has 0 atom stereocenters. The molecule has 0 aliphatic rings. The van der Waals surface area contributed by atoms with E-state index in [1.54, 1.807) is 21.7 Å². The number of benzene rings is 1. The van der Waals surface area contributed by atoms with Gasteiger partial charge < -0.3 is 35.0 Å². The number of aromatic nitrogens is 2. The molecule has 1 aromatic carbocycles. The molecule has 190 valence electrons. The summed E-state index contributed by atoms with van der Waals surface area (Å²) in [6.07, 6.45) is 1.99. The van der Waals surface area contributed by atoms with E-state index in [4.69, 9.17) is 24.8 Å². The molecule has 0 spiro atoms. The Morgan fingerprint density at radius 2 is 2.09 bits per heavy atom. The van der Waals surface area contributed by atoms with Crippen LogP contribution < -0.4 is 20.7 Å². The Balaban J connectivity index is 2.33. The maximum absolute atomic E-state index is 12.9. The van der Waals surface area contributed by atoms with Crippen molar-refractivity contribution in [3.8, 4) is 5.75 Å². The van der Waals surface area contributed by atoms with Crippen LogP contribution in [0.3, 0.4) is 0 Å². The van der Waals surface area contributed by atoms with E-state index in [0.29, 0.717) is 36.6 Å². The Morgan fingerprint density at radius 1 is 1.34 bits per heavy atom. The van der Waals surface area contributed by atoms with Crippen molar-refractivity contribution in [1.29, 1.82) is 0 Å². The quantitative estimate of drug-likeness (QED) is 0.0937. The fourth-order valence-electron chi connectivity index (χ4n) is 3.29. The number of nitrogens with zero attached hydrogens (tertiary/aromatic N) is 4. The lowest BCUT2D eigenvalue weighted by Gasteiger charge is -2.27. The summed E-state index contributed by atoms with van der Waals surface area (Å²) in [5.74, 6) is -0.704. The highest BCUT2D eigenvalue weighted by atomic mass is 31.2. The van der Waals surface area contributed by atoms with Gasteiger partial charge in [-0.15, -0.1) is 6.58 Å². The van der Waals surface area contributed by atoms with Crippen molar-refractivity contribution in [2.75, 3.05) is 31.3 Å². The number of aryl methyl sites for hydroxylation is 2. The summed E-state index contributed by atoms with van der Waals surface area (Å²) < 4.78 is 12.2. The molecule has 13 heteroatoms. The normalized spacial score (nSPS) is 10.8. The van der Waals surface area contributed by atoms with Crippen molar-refractivity contribution in [2.24, 2.45) is 10.7 Å². The molecule has 0 aliphatic carbocycles. The number of hydrogen-bond donors (Lipinski definition) is 4. The molecule has 0 radical (unpaired) electrons. The van der Waals surface area contributed by atoms with Crippen molar-refractivity contribution < 1.29 is 28.6 Å². The molecule has 0 unspecified atom stereocenters. The highest BCUT2D eigenvalue weighted by molar-refractivity contribution is 7.39. The third-order valence-corrected chi connectivity index (χ3v) is 5.21. The zero-order valence-electron chi connectivity index (χ0n) is 19.8. The van der Waals surface area contributed by atoms with E-state index < -0.39 is 14.5 Å². The molecular formula is C22H31N6O6P. The van der Waals surface area contributed by atoms with Gasteiger partial charge in [0.15, 0.2) is 0 Å². The van der Waals surface area contributed by atoms with Gasteiger partial charge in [-0.2, -0.15) is 5.10 Å². The number of aliphatic imine (C=N–C) groups is 1. The minimum absolute atomic E-state index is 0.0626. The van der Waals surface area contributed by atoms with E-state index in [1.165, 1.54) is 12.1 Å². The van der Waals surface area contributed by atoms with Crippen LogP contribution in [0.4, 0.5) is 11.4 Å². The van der Waals surface area contributed by atoms with Crippen molar-refractivity contribution in [3.05, 3.63) is 47.8 Å². The molecule has 1 heterocycles. The molecule has 2 rings (SSSR count). The van der Waals surface area contributed by atoms with Crippen molar-refractivity contribution in [1.82, 2.24) is 15.1 Å². The minimum Gasteiger partial charge on any atom is -0.491 e. The molecule has 0 fully saturated rings. The average Bonchev–Trinajstić information content (AvgIpc) is 3.21. The molecule has 5 N–H and O–H groups in total. The summed E-state index contributed by atoms with van der Waals surface area (Å²) in [4.78, 5) is 48.2. The molecule has 2 amide bonds. The zero-order chi connectivity index (χ0) is 26.0. The predicted octanol–water partition coefficient (Wildman–Crippen LogP) is 2.02. The first kappa shape index (κ1) is 27.9. The lowest BCUT2D eigenvalue weighted by atomic mass is 10.1. The number of nitrogens with one attached hydrogen (secondary N) is 1. The first-order chi connectivity index (χ1) is 16.7. The summed E-state index contributed by atoms with van der Waals surface area (Å²) in [5.41, 5.74) is 7.59. The molecule has 1 aromatic heterocycles. The second kappa shape index (κ2) is 13.5. The molecule has 35 heavy (non-hydrogen) atoms. The van der Waals surface area contributed by atoms with Crippen LogP contribution in [0.15, 0.2) is 35.8 Å². The fourth-order valence-corrected chi connectivity index (χ4v) is 3.58. The number of carbonyl (C=O) groups excluding carboxylic acids is 2. The van der Waals surface area contributed by atoms with E-state index in [2.05, 4.69) is 28.7 Å². The maximum Gasteiger partial charge on any atom is 0.327 e. The molecule has 0 aliphatic heterocycles. The highest BCUT2D eigenvalue weighted by Crippen LogP contribution is 2.39. The monoisotopic (exact) mass is 506 g/mol. The van der Waals surface area contributed by atoms with Gasteiger partial charge in [-0.05, 0) is 38.8 Å². The second-order valence-electron chi connectivity index (χ2n) is 7.31. The van der Waals surface area contributed by atoms with Crippen LogP contribution in [0.25, 0.3) is 0 Å². The van der Waals surface area contributed by atoms with Crippen LogP contribution in [0, 0.1) is 6.92 Å². The standard InChI is InChI=1S/C22H31N6O6P/c1-5-8-27(14-25-22(30)18-11-15(3)26-28(18)6-2)20-17(24-4)12-16(21(23)29)13-19(20)33-9-7-10-34-35(31)32/h5,11-13,31-32H,1,4,6-10,14H2,2-3H3,(H2,23,29)(H,25,30). The number of anilines is 1. The first-order valence-corrected chi connectivity index (χ1v) is 11.9. The van der Waals surface area contributed by atoms with Crippen LogP contribution in [-0.2, 0) is 11.1 Å². The Hall–Kier alpha value is -3.31. The van der Waals surface area contributed by atoms with Gasteiger partial charge in [0.25, 0.3) is 5.91 Å². The Kier molecular flexibility index (Phi) is 10.8. The summed E-state index contributed by atoms with van der Waals surface area (Å²) in [5, 5.41) is 7.17. The van der Waals surface area contributed by atoms with E-state index >= 15 is 0 Å². The van der Waals surface area contributed by atoms with Crippen LogP contribution in [0.5, 0.6) is 5.75 Å². The Bertz CT molecular complexity index is 1060. The third-order valence-electron chi connectivity index (χ3n) is 4.79. The van der Waals surface area contributed by atoms with E-state index in [0.717, 1.165) is 5.69 Å². The zero-order valence-corrected chi connectivity index (χ0v) is 20.7. The number of carbonyl (C=O) groups is 2. The topological polar surface area (TPSA) is 165 Å². The van der Waals surface area contributed by atoms with Crippen LogP contribution in [0.2, 0.25) is 0 Å². The van der Waals surface area contributed by atoms with Gasteiger partial charge in [0.1, 0.15) is 17.1 Å². The SMILES string of the molecule is C=CCN(CNC(=O)c1cc(C)nn1CC)c1c(N=C)cc(C(N)=O)cc1OCCCOP(O)O. The van der Waals surface area contributed by atoms with E-state index in [-0.39, 0.29) is 37.1 Å². The second-order valence-corrected chi connectivity index (χ2v) is 8.08. The lowest BCUT2D eigenvalue weighted by Crippen LogP contribution is -2.39. The van der Waals surface area contributed by atoms with Gasteiger partial charge >= 0.3 is 8.60 Å². The largest absolute Gasteiger partial charge is 0.491 e. The number of rotatable bonds is 15. The van der Waals surface area contributed by atoms with Crippen molar-refractivity contribution in [3.63, 3.8) is 0 Å². The van der Waals surface area contributed by atoms with Crippen LogP contribution in [0.1, 0.15) is 39.9 Å². The molecule has 2 aromatic rings. The predicted molar refractivity (Wildman–Crippen MR) is 134 cm³/mol. The average molecular weight is 507 g/mol. The van der Waals surface area contributed by atoms with Gasteiger partial charge in [0.2, 0.25) is 5.91 Å². The van der Waals surface area contributed by atoms with Gasteiger partial charge in [0.05, 0.1) is 31.3 Å². The van der Waals surface area contributed by atoms with Crippen molar-refractivity contribution in [2.45, 2.75) is 26.8 Å². The smallest absolute Gasteiger partial charge is 0.327 e. The van der Waals surface area contributed by atoms with Gasteiger partial charge in [-0.25, -0.2) is 0 Å². The molecule has 0 saturated carbocycles. The lowest BCUT2D eigenvalue weighted by molar-refractivity contribution is 0.0942. The first-order valence-electron chi connectivity index (χ1n) is 10.8. The van der Waals surface area contributed by atoms with Gasteiger partial charge in [-0.3, -0.25) is 19.3 Å². The highest BCUT2D eigenvalue weighted by Gasteiger charge is 2.21. The molecular weight excluding hydrogens is 475 g/mol. The summed E-state index contributed by atoms with van der Waals surface area (Å²) >= 11 is 0. The van der Waals surface area contributed by atoms with Gasteiger partial charge in [0, 0.05) is 25.1 Å². The van der Waals surface area contributed by atoms with E-state index in [9.17, 15) is 9.59 Å². The van der Waals surface area contributed by atoms with Gasteiger partial charge in [-0.1, -0.05) is 6.08 Å². The summed E-state index contributed by atoms with van der Waals surface area (Å²) in [6, 6.07) is 4.67. The number of primary amides is 1. The van der Waals surface area contributed by atoms with Crippen molar-refractivity contribution >= 4 is 38.5 Å². The van der Waals surface area contributed by atoms with E-state index in [1.807, 2.05) is 13.8 Å². The Morgan fingerprint density at radius 3 is 2.69 bits per heavy atom. The van der Waals surface area contributed by atoms with Crippen LogP contribution in [-0.4, -0.2) is 64.5 Å². The molecule has 0 bridgehead atoms. The number of ether oxygens (including phenoxy) is 1. The number of nitrogens with two attached hydrogens (primary N) is 1. The summed E-state index contributed by atoms with van der Waals surface area (Å²) in [7, 11) is -2.45. The number of amides is 2. The molecule has 12 nitrogen and oxygen atoms in total. The van der Waals surface area contributed by atoms with Crippen LogP contribution >= 0.6 is 8.60 Å².